The molecule has 0 saturated carbocycles. The van der Waals surface area contributed by atoms with Crippen molar-refractivity contribution >= 4 is 42.5 Å². The maximum atomic E-state index is 13.1. The summed E-state index contributed by atoms with van der Waals surface area (Å²) in [6.07, 6.45) is -0.885. The Bertz CT molecular complexity index is 719. The molecule has 0 aliphatic carbocycles. The number of ether oxygens (including phenoxy) is 1. The summed E-state index contributed by atoms with van der Waals surface area (Å²) in [5.74, 6) is 0.559. The lowest BCUT2D eigenvalue weighted by Gasteiger charge is -2.44. The summed E-state index contributed by atoms with van der Waals surface area (Å²) in [4.78, 5) is 14.8. The van der Waals surface area contributed by atoms with Gasteiger partial charge in [-0.2, -0.15) is 0 Å². The molecule has 1 N–H and O–H groups in total. The number of thioether (sulfide) groups is 1. The number of hydrogen-bond acceptors (Lipinski definition) is 6. The van der Waals surface area contributed by atoms with Crippen LogP contribution in [0.5, 0.6) is 0 Å². The minimum absolute atomic E-state index is 0.0139. The number of carbonyl (C=O) groups excluding carboxylic acids is 1. The quantitative estimate of drug-likeness (QED) is 0.334. The summed E-state index contributed by atoms with van der Waals surface area (Å²) in [5.41, 5.74) is 0.541. The van der Waals surface area contributed by atoms with E-state index < -0.39 is 20.0 Å². The molecular weight excluding hydrogens is 446 g/mol. The van der Waals surface area contributed by atoms with Gasteiger partial charge >= 0.3 is 0 Å². The van der Waals surface area contributed by atoms with Crippen molar-refractivity contribution in [2.24, 2.45) is 0 Å². The Hall–Kier alpha value is -0.773. The average molecular weight is 484 g/mol. The molecule has 2 rings (SSSR count). The molecular formula is C23H37NO4S2Si. The zero-order valence-corrected chi connectivity index (χ0v) is 22.1. The Morgan fingerprint density at radius 2 is 1.87 bits per heavy atom. The number of nitrogens with zero attached hydrogens (tertiary/aromatic N) is 1. The minimum Gasteiger partial charge on any atom is -0.410 e. The van der Waals surface area contributed by atoms with Gasteiger partial charge < -0.3 is 14.3 Å². The molecule has 0 unspecified atom stereocenters. The van der Waals surface area contributed by atoms with Crippen molar-refractivity contribution in [2.45, 2.75) is 83.5 Å². The van der Waals surface area contributed by atoms with E-state index in [9.17, 15) is 9.90 Å². The van der Waals surface area contributed by atoms with Gasteiger partial charge in [-0.1, -0.05) is 75.1 Å². The number of hydrogen-bond donors (Lipinski definition) is 1. The number of thiocarbonyl (C=S) groups is 1. The summed E-state index contributed by atoms with van der Waals surface area (Å²) in [5, 5.41) is 10.4. The van der Waals surface area contributed by atoms with Crippen LogP contribution in [0.1, 0.15) is 46.6 Å². The van der Waals surface area contributed by atoms with Crippen LogP contribution in [-0.4, -0.2) is 58.7 Å². The molecule has 1 aromatic carbocycles. The van der Waals surface area contributed by atoms with E-state index >= 15 is 0 Å². The Kier molecular flexibility index (Phi) is 10.2. The van der Waals surface area contributed by atoms with Gasteiger partial charge in [0.1, 0.15) is 4.32 Å². The highest BCUT2D eigenvalue weighted by atomic mass is 32.2. The predicted molar refractivity (Wildman–Crippen MR) is 135 cm³/mol. The molecule has 1 aliphatic rings. The number of benzene rings is 1. The zero-order chi connectivity index (χ0) is 23.1. The molecule has 2 atom stereocenters. The van der Waals surface area contributed by atoms with E-state index in [1.807, 2.05) is 30.3 Å². The van der Waals surface area contributed by atoms with E-state index in [1.165, 1.54) is 11.8 Å². The standard InChI is InChI=1S/C23H37NO4S2Si/c1-6-31(7-2,8-3)28-23(4,5)20-17-30-22(29)24(20)21(26)14-19(25)16-27-15-18-12-10-9-11-13-18/h9-13,19-20,25H,6-8,14-17H2,1-5H3/t19-,20+/m1/s1. The number of amides is 1. The molecule has 174 valence electrons. The van der Waals surface area contributed by atoms with Crippen molar-refractivity contribution in [3.05, 3.63) is 35.9 Å². The van der Waals surface area contributed by atoms with Crippen molar-refractivity contribution in [1.29, 1.82) is 0 Å². The van der Waals surface area contributed by atoms with Gasteiger partial charge in [-0.25, -0.2) is 0 Å². The maximum Gasteiger partial charge on any atom is 0.231 e. The highest BCUT2D eigenvalue weighted by molar-refractivity contribution is 8.23. The van der Waals surface area contributed by atoms with Gasteiger partial charge in [-0.05, 0) is 37.5 Å². The Morgan fingerprint density at radius 1 is 1.26 bits per heavy atom. The van der Waals surface area contributed by atoms with E-state index in [4.69, 9.17) is 21.4 Å². The molecule has 1 aromatic rings. The van der Waals surface area contributed by atoms with Crippen LogP contribution in [0.3, 0.4) is 0 Å². The molecule has 0 spiro atoms. The second-order valence-corrected chi connectivity index (χ2v) is 15.0. The van der Waals surface area contributed by atoms with Crippen LogP contribution in [0.2, 0.25) is 18.1 Å². The third-order valence-corrected chi connectivity index (χ3v) is 12.5. The van der Waals surface area contributed by atoms with E-state index in [0.29, 0.717) is 10.9 Å². The minimum atomic E-state index is -1.85. The van der Waals surface area contributed by atoms with Gasteiger partial charge in [-0.15, -0.1) is 0 Å². The first kappa shape index (κ1) is 26.5. The maximum absolute atomic E-state index is 13.1. The normalized spacial score (nSPS) is 18.5. The third kappa shape index (κ3) is 7.10. The van der Waals surface area contributed by atoms with Crippen molar-refractivity contribution in [3.63, 3.8) is 0 Å². The fraction of sp³-hybridized carbons (Fsp3) is 0.652. The van der Waals surface area contributed by atoms with E-state index in [-0.39, 0.29) is 25.0 Å². The van der Waals surface area contributed by atoms with Crippen LogP contribution in [0.4, 0.5) is 0 Å². The predicted octanol–water partition coefficient (Wildman–Crippen LogP) is 4.98. The highest BCUT2D eigenvalue weighted by Gasteiger charge is 2.47. The van der Waals surface area contributed by atoms with Gasteiger partial charge in [0.25, 0.3) is 0 Å². The molecule has 0 radical (unpaired) electrons. The Morgan fingerprint density at radius 3 is 2.45 bits per heavy atom. The number of aliphatic hydroxyl groups is 1. The second kappa shape index (κ2) is 11.9. The van der Waals surface area contributed by atoms with E-state index in [1.54, 1.807) is 4.90 Å². The summed E-state index contributed by atoms with van der Waals surface area (Å²) in [6.45, 7) is 11.3. The highest BCUT2D eigenvalue weighted by Crippen LogP contribution is 2.37. The van der Waals surface area contributed by atoms with Gasteiger partial charge in [-0.3, -0.25) is 9.69 Å². The molecule has 1 saturated heterocycles. The van der Waals surface area contributed by atoms with Crippen molar-refractivity contribution in [1.82, 2.24) is 4.90 Å². The fourth-order valence-electron chi connectivity index (χ4n) is 4.05. The largest absolute Gasteiger partial charge is 0.410 e. The lowest BCUT2D eigenvalue weighted by molar-refractivity contribution is -0.134. The third-order valence-electron chi connectivity index (χ3n) is 6.19. The summed E-state index contributed by atoms with van der Waals surface area (Å²) < 4.78 is 13.0. The number of carbonyl (C=O) groups is 1. The molecule has 1 fully saturated rings. The number of aliphatic hydroxyl groups excluding tert-OH is 1. The van der Waals surface area contributed by atoms with Gasteiger partial charge in [0, 0.05) is 5.75 Å². The Balaban J connectivity index is 1.98. The molecule has 1 heterocycles. The van der Waals surface area contributed by atoms with Gasteiger partial charge in [0.2, 0.25) is 5.91 Å². The second-order valence-electron chi connectivity index (χ2n) is 8.66. The summed E-state index contributed by atoms with van der Waals surface area (Å²) in [7, 11) is -1.85. The molecule has 8 heteroatoms. The SMILES string of the molecule is CC[Si](CC)(CC)OC(C)(C)[C@@H]1CSC(=S)N1C(=O)C[C@@H](O)COCc1ccccc1. The molecule has 1 amide bonds. The van der Waals surface area contributed by atoms with Crippen LogP contribution in [-0.2, 0) is 20.6 Å². The van der Waals surface area contributed by atoms with Crippen molar-refractivity contribution < 1.29 is 19.1 Å². The smallest absolute Gasteiger partial charge is 0.231 e. The van der Waals surface area contributed by atoms with Crippen molar-refractivity contribution in [3.8, 4) is 0 Å². The van der Waals surface area contributed by atoms with Crippen LogP contribution >= 0.6 is 24.0 Å². The van der Waals surface area contributed by atoms with Crippen molar-refractivity contribution in [2.75, 3.05) is 12.4 Å². The summed E-state index contributed by atoms with van der Waals surface area (Å²) >= 11 is 7.02. The van der Waals surface area contributed by atoms with Gasteiger partial charge in [0.15, 0.2) is 8.32 Å². The summed E-state index contributed by atoms with van der Waals surface area (Å²) in [6, 6.07) is 12.8. The first-order valence-corrected chi connectivity index (χ1v) is 15.1. The van der Waals surface area contributed by atoms with Crippen LogP contribution in [0.25, 0.3) is 0 Å². The monoisotopic (exact) mass is 483 g/mol. The number of rotatable bonds is 12. The first-order valence-electron chi connectivity index (χ1n) is 11.2. The van der Waals surface area contributed by atoms with E-state index in [0.717, 1.165) is 29.4 Å². The molecule has 5 nitrogen and oxygen atoms in total. The lowest BCUT2D eigenvalue weighted by Crippen LogP contribution is -2.57. The first-order chi connectivity index (χ1) is 14.7. The Labute approximate surface area is 198 Å². The molecule has 1 aliphatic heterocycles. The molecule has 0 bridgehead atoms. The topological polar surface area (TPSA) is 59.0 Å². The van der Waals surface area contributed by atoms with Gasteiger partial charge in [0.05, 0.1) is 37.4 Å². The zero-order valence-electron chi connectivity index (χ0n) is 19.4. The molecule has 31 heavy (non-hydrogen) atoms. The van der Waals surface area contributed by atoms with Crippen LogP contribution in [0.15, 0.2) is 30.3 Å². The fourth-order valence-corrected chi connectivity index (χ4v) is 8.88. The molecule has 0 aromatic heterocycles. The average Bonchev–Trinajstić information content (AvgIpc) is 3.15. The van der Waals surface area contributed by atoms with Crippen LogP contribution in [0, 0.1) is 0 Å². The van der Waals surface area contributed by atoms with E-state index in [2.05, 4.69) is 34.6 Å². The lowest BCUT2D eigenvalue weighted by atomic mass is 9.99. The van der Waals surface area contributed by atoms with Crippen LogP contribution < -0.4 is 0 Å².